The summed E-state index contributed by atoms with van der Waals surface area (Å²) in [6, 6.07) is 1.60. The van der Waals surface area contributed by atoms with Crippen LogP contribution in [0.25, 0.3) is 0 Å². The van der Waals surface area contributed by atoms with Gasteiger partial charge in [-0.05, 0) is 31.7 Å². The second kappa shape index (κ2) is 6.01. The van der Waals surface area contributed by atoms with Crippen LogP contribution in [0.2, 0.25) is 10.0 Å². The fourth-order valence-corrected chi connectivity index (χ4v) is 2.53. The highest BCUT2D eigenvalue weighted by atomic mass is 35.5. The normalized spacial score (nSPS) is 21.7. The van der Waals surface area contributed by atoms with Crippen molar-refractivity contribution in [3.8, 4) is 0 Å². The van der Waals surface area contributed by atoms with Crippen LogP contribution in [0.4, 0.5) is 0 Å². The smallest absolute Gasteiger partial charge is 0.0975 e. The van der Waals surface area contributed by atoms with Gasteiger partial charge in [0.2, 0.25) is 0 Å². The maximum atomic E-state index is 10.0. The molecule has 0 bridgehead atoms. The molecule has 1 saturated heterocycles. The van der Waals surface area contributed by atoms with Crippen molar-refractivity contribution in [1.82, 2.24) is 4.98 Å². The number of nitrogens with zero attached hydrogens (tertiary/aromatic N) is 1. The van der Waals surface area contributed by atoms with Crippen LogP contribution in [-0.4, -0.2) is 22.8 Å². The number of aliphatic hydroxyl groups excluding tert-OH is 1. The molecule has 2 rings (SSSR count). The first-order chi connectivity index (χ1) is 8.16. The zero-order chi connectivity index (χ0) is 12.3. The summed E-state index contributed by atoms with van der Waals surface area (Å²) >= 11 is 11.7. The van der Waals surface area contributed by atoms with Gasteiger partial charge in [0.15, 0.2) is 0 Å². The molecule has 2 atom stereocenters. The van der Waals surface area contributed by atoms with Crippen LogP contribution in [-0.2, 0) is 4.74 Å². The number of aliphatic hydroxyl groups is 1. The Bertz CT molecular complexity index is 381. The van der Waals surface area contributed by atoms with Crippen molar-refractivity contribution in [2.75, 3.05) is 6.61 Å². The molecule has 0 aromatic carbocycles. The number of halogens is 2. The average molecular weight is 276 g/mol. The summed E-state index contributed by atoms with van der Waals surface area (Å²) < 4.78 is 5.50. The summed E-state index contributed by atoms with van der Waals surface area (Å²) in [5, 5.41) is 10.9. The lowest BCUT2D eigenvalue weighted by molar-refractivity contribution is 0.0802. The Morgan fingerprint density at radius 1 is 1.53 bits per heavy atom. The Hall–Kier alpha value is -0.350. The summed E-state index contributed by atoms with van der Waals surface area (Å²) in [6.07, 6.45) is 4.76. The fourth-order valence-electron chi connectivity index (χ4n) is 2.02. The second-order valence-corrected chi connectivity index (χ2v) is 5.09. The van der Waals surface area contributed by atoms with Gasteiger partial charge in [-0.3, -0.25) is 4.98 Å². The predicted molar refractivity (Wildman–Crippen MR) is 67.4 cm³/mol. The lowest BCUT2D eigenvalue weighted by atomic mass is 10.1. The number of aromatic nitrogens is 1. The van der Waals surface area contributed by atoms with Crippen LogP contribution in [0.3, 0.4) is 0 Å². The van der Waals surface area contributed by atoms with E-state index < -0.39 is 6.10 Å². The molecule has 2 unspecified atom stereocenters. The predicted octanol–water partition coefficient (Wildman–Crippen LogP) is 3.38. The van der Waals surface area contributed by atoms with E-state index in [-0.39, 0.29) is 6.10 Å². The summed E-state index contributed by atoms with van der Waals surface area (Å²) in [5.74, 6) is 0. The third kappa shape index (κ3) is 3.55. The van der Waals surface area contributed by atoms with E-state index in [1.807, 2.05) is 0 Å². The first-order valence-electron chi connectivity index (χ1n) is 5.77. The largest absolute Gasteiger partial charge is 0.387 e. The Balaban J connectivity index is 1.91. The topological polar surface area (TPSA) is 42.4 Å². The van der Waals surface area contributed by atoms with E-state index in [9.17, 15) is 5.11 Å². The maximum Gasteiger partial charge on any atom is 0.0975 e. The van der Waals surface area contributed by atoms with Crippen molar-refractivity contribution in [2.45, 2.75) is 37.9 Å². The van der Waals surface area contributed by atoms with E-state index in [0.717, 1.165) is 25.9 Å². The third-order valence-electron chi connectivity index (χ3n) is 2.94. The number of pyridine rings is 1. The summed E-state index contributed by atoms with van der Waals surface area (Å²) in [4.78, 5) is 4.07. The van der Waals surface area contributed by atoms with Gasteiger partial charge < -0.3 is 9.84 Å². The number of rotatable bonds is 4. The highest BCUT2D eigenvalue weighted by Gasteiger charge is 2.19. The van der Waals surface area contributed by atoms with Crippen LogP contribution in [0.5, 0.6) is 0 Å². The van der Waals surface area contributed by atoms with Crippen LogP contribution >= 0.6 is 23.2 Å². The molecule has 0 radical (unpaired) electrons. The van der Waals surface area contributed by atoms with Crippen molar-refractivity contribution in [3.63, 3.8) is 0 Å². The number of hydrogen-bond acceptors (Lipinski definition) is 3. The summed E-state index contributed by atoms with van der Waals surface area (Å²) in [7, 11) is 0. The van der Waals surface area contributed by atoms with Gasteiger partial charge in [-0.15, -0.1) is 0 Å². The highest BCUT2D eigenvalue weighted by molar-refractivity contribution is 6.34. The minimum Gasteiger partial charge on any atom is -0.387 e. The molecule has 94 valence electrons. The summed E-state index contributed by atoms with van der Waals surface area (Å²) in [6.45, 7) is 0.834. The van der Waals surface area contributed by atoms with Crippen LogP contribution < -0.4 is 0 Å². The monoisotopic (exact) mass is 275 g/mol. The van der Waals surface area contributed by atoms with Gasteiger partial charge in [0.1, 0.15) is 0 Å². The molecule has 1 aliphatic heterocycles. The van der Waals surface area contributed by atoms with E-state index >= 15 is 0 Å². The molecule has 17 heavy (non-hydrogen) atoms. The standard InChI is InChI=1S/C12H15Cl2NO2/c13-8-6-10(14)12(15-7-8)11(16)4-3-9-2-1-5-17-9/h6-7,9,11,16H,1-5H2. The molecule has 1 aliphatic rings. The van der Waals surface area contributed by atoms with Crippen molar-refractivity contribution >= 4 is 23.2 Å². The van der Waals surface area contributed by atoms with Crippen molar-refractivity contribution in [1.29, 1.82) is 0 Å². The van der Waals surface area contributed by atoms with E-state index in [1.54, 1.807) is 6.07 Å². The van der Waals surface area contributed by atoms with Gasteiger partial charge in [0.05, 0.1) is 27.9 Å². The van der Waals surface area contributed by atoms with Crippen molar-refractivity contribution < 1.29 is 9.84 Å². The number of hydrogen-bond donors (Lipinski definition) is 1. The first kappa shape index (κ1) is 13.1. The number of ether oxygens (including phenoxy) is 1. The quantitative estimate of drug-likeness (QED) is 0.916. The van der Waals surface area contributed by atoms with Gasteiger partial charge >= 0.3 is 0 Å². The van der Waals surface area contributed by atoms with Gasteiger partial charge in [-0.2, -0.15) is 0 Å². The van der Waals surface area contributed by atoms with Gasteiger partial charge in [-0.1, -0.05) is 23.2 Å². The molecular weight excluding hydrogens is 261 g/mol. The SMILES string of the molecule is OC(CCC1CCCO1)c1ncc(Cl)cc1Cl. The van der Waals surface area contributed by atoms with E-state index in [4.69, 9.17) is 27.9 Å². The fraction of sp³-hybridized carbons (Fsp3) is 0.583. The van der Waals surface area contributed by atoms with Gasteiger partial charge in [-0.25, -0.2) is 0 Å². The Morgan fingerprint density at radius 3 is 3.00 bits per heavy atom. The van der Waals surface area contributed by atoms with Gasteiger partial charge in [0.25, 0.3) is 0 Å². The van der Waals surface area contributed by atoms with Gasteiger partial charge in [0, 0.05) is 12.8 Å². The molecule has 2 heterocycles. The Labute approximate surface area is 111 Å². The highest BCUT2D eigenvalue weighted by Crippen LogP contribution is 2.28. The molecule has 0 saturated carbocycles. The maximum absolute atomic E-state index is 10.0. The minimum absolute atomic E-state index is 0.274. The van der Waals surface area contributed by atoms with Crippen LogP contribution in [0.1, 0.15) is 37.5 Å². The van der Waals surface area contributed by atoms with E-state index in [0.29, 0.717) is 22.2 Å². The molecule has 1 fully saturated rings. The van der Waals surface area contributed by atoms with Crippen LogP contribution in [0.15, 0.2) is 12.3 Å². The van der Waals surface area contributed by atoms with E-state index in [2.05, 4.69) is 4.98 Å². The molecule has 0 aliphatic carbocycles. The first-order valence-corrected chi connectivity index (χ1v) is 6.53. The zero-order valence-corrected chi connectivity index (χ0v) is 10.9. The van der Waals surface area contributed by atoms with Crippen LogP contribution in [0, 0.1) is 0 Å². The molecule has 5 heteroatoms. The second-order valence-electron chi connectivity index (χ2n) is 4.25. The van der Waals surface area contributed by atoms with Crippen molar-refractivity contribution in [3.05, 3.63) is 28.0 Å². The molecular formula is C12H15Cl2NO2. The molecule has 3 nitrogen and oxygen atoms in total. The average Bonchev–Trinajstić information content (AvgIpc) is 2.78. The van der Waals surface area contributed by atoms with E-state index in [1.165, 1.54) is 6.20 Å². The van der Waals surface area contributed by atoms with Crippen molar-refractivity contribution in [2.24, 2.45) is 0 Å². The summed E-state index contributed by atoms with van der Waals surface area (Å²) in [5.41, 5.74) is 0.495. The Morgan fingerprint density at radius 2 is 2.35 bits per heavy atom. The molecule has 0 amide bonds. The Kier molecular flexibility index (Phi) is 4.62. The zero-order valence-electron chi connectivity index (χ0n) is 9.40. The molecule has 1 aromatic rings. The minimum atomic E-state index is -0.649. The molecule has 0 spiro atoms. The molecule has 1 N–H and O–H groups in total. The third-order valence-corrected chi connectivity index (χ3v) is 3.45. The lowest BCUT2D eigenvalue weighted by Gasteiger charge is -2.14. The lowest BCUT2D eigenvalue weighted by Crippen LogP contribution is -2.09. The molecule has 1 aromatic heterocycles.